The fraction of sp³-hybridized carbons (Fsp3) is 0.688. The highest BCUT2D eigenvalue weighted by Crippen LogP contribution is 2.50. The minimum atomic E-state index is -0.252. The molecule has 0 saturated heterocycles. The van der Waals surface area contributed by atoms with Gasteiger partial charge in [0.2, 0.25) is 0 Å². The summed E-state index contributed by atoms with van der Waals surface area (Å²) in [6, 6.07) is 0. The molecule has 0 aliphatic heterocycles. The minimum Gasteiger partial charge on any atom is -0.463 e. The van der Waals surface area contributed by atoms with Crippen LogP contribution in [0.15, 0.2) is 22.8 Å². The van der Waals surface area contributed by atoms with E-state index >= 15 is 0 Å². The standard InChI is InChI=1S/C16H24O3/c1-4-19-15(18)10-12-8-9-16(3)13(11(12)2)6-5-7-14(16)17/h10,14,17H,4-9H2,1-3H3/b12-10+/t14-,16-/m0/s1. The second kappa shape index (κ2) is 5.49. The lowest BCUT2D eigenvalue weighted by atomic mass is 9.61. The summed E-state index contributed by atoms with van der Waals surface area (Å²) < 4.78 is 4.99. The first kappa shape index (κ1) is 14.3. The van der Waals surface area contributed by atoms with Gasteiger partial charge in [-0.05, 0) is 57.1 Å². The van der Waals surface area contributed by atoms with E-state index in [1.165, 1.54) is 11.1 Å². The Bertz CT molecular complexity index is 433. The average Bonchev–Trinajstić information content (AvgIpc) is 2.36. The number of aliphatic hydroxyl groups excluding tert-OH is 1. The van der Waals surface area contributed by atoms with Crippen LogP contribution in [0.25, 0.3) is 0 Å². The van der Waals surface area contributed by atoms with Gasteiger partial charge < -0.3 is 9.84 Å². The molecule has 0 spiro atoms. The molecule has 0 radical (unpaired) electrons. The molecule has 0 aromatic carbocycles. The van der Waals surface area contributed by atoms with Crippen molar-refractivity contribution in [2.75, 3.05) is 6.61 Å². The highest BCUT2D eigenvalue weighted by atomic mass is 16.5. The summed E-state index contributed by atoms with van der Waals surface area (Å²) in [5.74, 6) is -0.252. The van der Waals surface area contributed by atoms with Crippen molar-refractivity contribution in [2.45, 2.75) is 59.0 Å². The predicted octanol–water partition coefficient (Wildman–Crippen LogP) is 3.14. The van der Waals surface area contributed by atoms with Crippen LogP contribution in [0, 0.1) is 5.41 Å². The summed E-state index contributed by atoms with van der Waals surface area (Å²) in [4.78, 5) is 11.6. The summed E-state index contributed by atoms with van der Waals surface area (Å²) >= 11 is 0. The van der Waals surface area contributed by atoms with Crippen molar-refractivity contribution in [3.63, 3.8) is 0 Å². The third kappa shape index (κ3) is 2.62. The fourth-order valence-electron chi connectivity index (χ4n) is 3.49. The smallest absolute Gasteiger partial charge is 0.331 e. The largest absolute Gasteiger partial charge is 0.463 e. The monoisotopic (exact) mass is 264 g/mol. The molecule has 3 nitrogen and oxygen atoms in total. The molecule has 1 saturated carbocycles. The predicted molar refractivity (Wildman–Crippen MR) is 74.6 cm³/mol. The maximum absolute atomic E-state index is 11.6. The van der Waals surface area contributed by atoms with Crippen LogP contribution in [-0.2, 0) is 9.53 Å². The van der Waals surface area contributed by atoms with Crippen LogP contribution in [-0.4, -0.2) is 23.8 Å². The maximum atomic E-state index is 11.6. The van der Waals surface area contributed by atoms with Gasteiger partial charge in [0.05, 0.1) is 12.7 Å². The van der Waals surface area contributed by atoms with Crippen molar-refractivity contribution in [3.05, 3.63) is 22.8 Å². The molecule has 0 bridgehead atoms. The van der Waals surface area contributed by atoms with Crippen LogP contribution in [0.2, 0.25) is 0 Å². The molecule has 0 unspecified atom stereocenters. The molecule has 2 aliphatic rings. The molecule has 106 valence electrons. The van der Waals surface area contributed by atoms with Crippen LogP contribution >= 0.6 is 0 Å². The summed E-state index contributed by atoms with van der Waals surface area (Å²) in [5, 5.41) is 10.3. The molecule has 19 heavy (non-hydrogen) atoms. The SMILES string of the molecule is CCOC(=O)/C=C1\CC[C@@]2(C)C(=C1C)CCC[C@@H]2O. The number of rotatable bonds is 2. The van der Waals surface area contributed by atoms with Crippen LogP contribution in [0.4, 0.5) is 0 Å². The number of ether oxygens (including phenoxy) is 1. The molecule has 2 atom stereocenters. The summed E-state index contributed by atoms with van der Waals surface area (Å²) in [5.41, 5.74) is 3.53. The second-order valence-corrected chi connectivity index (χ2v) is 5.85. The lowest BCUT2D eigenvalue weighted by Gasteiger charge is -2.45. The number of carbonyl (C=O) groups is 1. The summed E-state index contributed by atoms with van der Waals surface area (Å²) in [6.07, 6.45) is 6.13. The van der Waals surface area contributed by atoms with E-state index in [0.717, 1.165) is 37.7 Å². The van der Waals surface area contributed by atoms with Gasteiger partial charge in [-0.25, -0.2) is 4.79 Å². The summed E-state index contributed by atoms with van der Waals surface area (Å²) in [6.45, 7) is 6.47. The van der Waals surface area contributed by atoms with E-state index in [1.807, 2.05) is 6.92 Å². The minimum absolute atomic E-state index is 0.0890. The zero-order chi connectivity index (χ0) is 14.0. The zero-order valence-corrected chi connectivity index (χ0v) is 12.2. The third-order valence-corrected chi connectivity index (χ3v) is 4.76. The molecule has 1 N–H and O–H groups in total. The molecule has 2 rings (SSSR count). The van der Waals surface area contributed by atoms with Gasteiger partial charge in [-0.15, -0.1) is 0 Å². The van der Waals surface area contributed by atoms with Gasteiger partial charge >= 0.3 is 5.97 Å². The Hall–Kier alpha value is -1.09. The van der Waals surface area contributed by atoms with E-state index in [9.17, 15) is 9.90 Å². The van der Waals surface area contributed by atoms with Gasteiger partial charge in [-0.1, -0.05) is 12.5 Å². The van der Waals surface area contributed by atoms with Gasteiger partial charge in [0.1, 0.15) is 0 Å². The number of allylic oxidation sites excluding steroid dienone is 2. The van der Waals surface area contributed by atoms with Crippen molar-refractivity contribution in [3.8, 4) is 0 Å². The molecule has 1 fully saturated rings. The van der Waals surface area contributed by atoms with E-state index in [4.69, 9.17) is 4.74 Å². The molecule has 0 heterocycles. The lowest BCUT2D eigenvalue weighted by Crippen LogP contribution is -2.40. The van der Waals surface area contributed by atoms with Crippen molar-refractivity contribution in [1.29, 1.82) is 0 Å². The normalized spacial score (nSPS) is 33.3. The molecule has 0 aromatic heterocycles. The van der Waals surface area contributed by atoms with E-state index in [2.05, 4.69) is 13.8 Å². The number of hydrogen-bond donors (Lipinski definition) is 1. The van der Waals surface area contributed by atoms with Crippen LogP contribution in [0.1, 0.15) is 52.9 Å². The van der Waals surface area contributed by atoms with E-state index in [-0.39, 0.29) is 17.5 Å². The zero-order valence-electron chi connectivity index (χ0n) is 12.2. The Morgan fingerprint density at radius 3 is 2.95 bits per heavy atom. The number of aliphatic hydroxyl groups is 1. The van der Waals surface area contributed by atoms with Gasteiger partial charge in [0.25, 0.3) is 0 Å². The molecule has 0 aromatic rings. The first-order valence-corrected chi connectivity index (χ1v) is 7.25. The number of carbonyl (C=O) groups excluding carboxylic acids is 1. The quantitative estimate of drug-likeness (QED) is 0.615. The Kier molecular flexibility index (Phi) is 4.14. The third-order valence-electron chi connectivity index (χ3n) is 4.76. The first-order chi connectivity index (χ1) is 8.99. The Balaban J connectivity index is 2.31. The van der Waals surface area contributed by atoms with Gasteiger partial charge in [0.15, 0.2) is 0 Å². The van der Waals surface area contributed by atoms with Crippen LogP contribution in [0.5, 0.6) is 0 Å². The molecular formula is C16H24O3. The molecule has 2 aliphatic carbocycles. The van der Waals surface area contributed by atoms with E-state index < -0.39 is 0 Å². The fourth-order valence-corrected chi connectivity index (χ4v) is 3.49. The highest BCUT2D eigenvalue weighted by Gasteiger charge is 2.42. The Morgan fingerprint density at radius 1 is 1.53 bits per heavy atom. The van der Waals surface area contributed by atoms with Crippen molar-refractivity contribution in [2.24, 2.45) is 5.41 Å². The number of esters is 1. The molecular weight excluding hydrogens is 240 g/mol. The number of fused-ring (bicyclic) bond motifs is 1. The Morgan fingerprint density at radius 2 is 2.26 bits per heavy atom. The second-order valence-electron chi connectivity index (χ2n) is 5.85. The van der Waals surface area contributed by atoms with E-state index in [0.29, 0.717) is 6.61 Å². The van der Waals surface area contributed by atoms with Gasteiger partial charge in [0, 0.05) is 11.5 Å². The van der Waals surface area contributed by atoms with Gasteiger partial charge in [-0.3, -0.25) is 0 Å². The lowest BCUT2D eigenvalue weighted by molar-refractivity contribution is -0.137. The van der Waals surface area contributed by atoms with Crippen molar-refractivity contribution < 1.29 is 14.6 Å². The van der Waals surface area contributed by atoms with Crippen LogP contribution in [0.3, 0.4) is 0 Å². The maximum Gasteiger partial charge on any atom is 0.331 e. The number of hydrogen-bond acceptors (Lipinski definition) is 3. The van der Waals surface area contributed by atoms with E-state index in [1.54, 1.807) is 6.08 Å². The highest BCUT2D eigenvalue weighted by molar-refractivity contribution is 5.84. The first-order valence-electron chi connectivity index (χ1n) is 7.25. The van der Waals surface area contributed by atoms with Crippen molar-refractivity contribution >= 4 is 5.97 Å². The van der Waals surface area contributed by atoms with Gasteiger partial charge in [-0.2, -0.15) is 0 Å². The van der Waals surface area contributed by atoms with Crippen molar-refractivity contribution in [1.82, 2.24) is 0 Å². The Labute approximate surface area is 115 Å². The average molecular weight is 264 g/mol. The topological polar surface area (TPSA) is 46.5 Å². The summed E-state index contributed by atoms with van der Waals surface area (Å²) in [7, 11) is 0. The molecule has 3 heteroatoms. The molecule has 0 amide bonds. The van der Waals surface area contributed by atoms with Crippen LogP contribution < -0.4 is 0 Å².